The van der Waals surface area contributed by atoms with Crippen molar-refractivity contribution in [3.8, 4) is 0 Å². The zero-order valence-corrected chi connectivity index (χ0v) is 12.1. The number of hydrogen-bond donors (Lipinski definition) is 1. The van der Waals surface area contributed by atoms with Gasteiger partial charge in [-0.05, 0) is 33.0 Å². The number of benzene rings is 1. The number of aliphatic hydroxyl groups excluding tert-OH is 1. The highest BCUT2D eigenvalue weighted by atomic mass is 16.6. The zero-order valence-electron chi connectivity index (χ0n) is 12.1. The van der Waals surface area contributed by atoms with Crippen molar-refractivity contribution in [1.82, 2.24) is 4.90 Å². The third-order valence-corrected chi connectivity index (χ3v) is 3.68. The summed E-state index contributed by atoms with van der Waals surface area (Å²) in [6.07, 6.45) is 0.318. The SMILES string of the molecule is Cc1ccc([N+](=O)[O-])cc1N1CC(O)CC1CN(C)C. The Bertz CT molecular complexity index is 504. The smallest absolute Gasteiger partial charge is 0.271 e. The van der Waals surface area contributed by atoms with Gasteiger partial charge < -0.3 is 14.9 Å². The van der Waals surface area contributed by atoms with E-state index in [1.807, 2.05) is 21.0 Å². The number of hydrogen-bond acceptors (Lipinski definition) is 5. The Labute approximate surface area is 118 Å². The zero-order chi connectivity index (χ0) is 14.9. The van der Waals surface area contributed by atoms with Gasteiger partial charge in [-0.15, -0.1) is 0 Å². The minimum atomic E-state index is -0.379. The van der Waals surface area contributed by atoms with Crippen molar-refractivity contribution in [3.63, 3.8) is 0 Å². The van der Waals surface area contributed by atoms with Gasteiger partial charge in [0.05, 0.1) is 11.0 Å². The maximum atomic E-state index is 10.9. The Balaban J connectivity index is 2.33. The number of anilines is 1. The first-order valence-corrected chi connectivity index (χ1v) is 6.73. The van der Waals surface area contributed by atoms with Crippen molar-refractivity contribution in [2.45, 2.75) is 25.5 Å². The standard InChI is InChI=1S/C14H21N3O3/c1-10-4-5-11(17(19)20)7-14(10)16-9-13(18)6-12(16)8-15(2)3/h4-5,7,12-13,18H,6,8-9H2,1-3H3. The fourth-order valence-corrected chi connectivity index (χ4v) is 2.80. The van der Waals surface area contributed by atoms with E-state index in [0.717, 1.165) is 17.8 Å². The van der Waals surface area contributed by atoms with Crippen LogP contribution in [0.25, 0.3) is 0 Å². The fourth-order valence-electron chi connectivity index (χ4n) is 2.80. The molecule has 0 amide bonds. The molecule has 1 aliphatic rings. The molecule has 110 valence electrons. The van der Waals surface area contributed by atoms with Crippen LogP contribution in [-0.2, 0) is 0 Å². The van der Waals surface area contributed by atoms with Crippen LogP contribution in [0.1, 0.15) is 12.0 Å². The predicted molar refractivity (Wildman–Crippen MR) is 78.1 cm³/mol. The summed E-state index contributed by atoms with van der Waals surface area (Å²) in [5.74, 6) is 0. The van der Waals surface area contributed by atoms with E-state index in [4.69, 9.17) is 0 Å². The maximum absolute atomic E-state index is 10.9. The number of likely N-dealkylation sites (N-methyl/N-ethyl adjacent to an activating group) is 1. The molecule has 1 N–H and O–H groups in total. The van der Waals surface area contributed by atoms with Crippen LogP contribution >= 0.6 is 0 Å². The highest BCUT2D eigenvalue weighted by molar-refractivity contribution is 5.60. The van der Waals surface area contributed by atoms with Crippen molar-refractivity contribution in [1.29, 1.82) is 0 Å². The highest BCUT2D eigenvalue weighted by Gasteiger charge is 2.32. The van der Waals surface area contributed by atoms with Gasteiger partial charge in [0, 0.05) is 37.0 Å². The molecule has 1 saturated heterocycles. The van der Waals surface area contributed by atoms with Crippen molar-refractivity contribution >= 4 is 11.4 Å². The summed E-state index contributed by atoms with van der Waals surface area (Å²) < 4.78 is 0. The van der Waals surface area contributed by atoms with E-state index in [0.29, 0.717) is 13.0 Å². The Morgan fingerprint density at radius 2 is 2.20 bits per heavy atom. The molecule has 2 atom stereocenters. The summed E-state index contributed by atoms with van der Waals surface area (Å²) in [6, 6.07) is 5.08. The summed E-state index contributed by atoms with van der Waals surface area (Å²) in [6.45, 7) is 3.29. The second-order valence-corrected chi connectivity index (χ2v) is 5.69. The van der Waals surface area contributed by atoms with Gasteiger partial charge in [-0.1, -0.05) is 6.07 Å². The molecule has 6 heteroatoms. The van der Waals surface area contributed by atoms with E-state index in [-0.39, 0.29) is 22.8 Å². The van der Waals surface area contributed by atoms with E-state index in [9.17, 15) is 15.2 Å². The molecule has 2 rings (SSSR count). The van der Waals surface area contributed by atoms with Gasteiger partial charge in [0.15, 0.2) is 0 Å². The third kappa shape index (κ3) is 3.08. The van der Waals surface area contributed by atoms with Crippen LogP contribution in [0.4, 0.5) is 11.4 Å². The third-order valence-electron chi connectivity index (χ3n) is 3.68. The number of nitrogens with zero attached hydrogens (tertiary/aromatic N) is 3. The van der Waals surface area contributed by atoms with Crippen LogP contribution in [0, 0.1) is 17.0 Å². The number of nitro groups is 1. The maximum Gasteiger partial charge on any atom is 0.271 e. The lowest BCUT2D eigenvalue weighted by Gasteiger charge is -2.29. The number of aliphatic hydroxyl groups is 1. The molecule has 6 nitrogen and oxygen atoms in total. The Kier molecular flexibility index (Phi) is 4.25. The Morgan fingerprint density at radius 1 is 1.50 bits per heavy atom. The summed E-state index contributed by atoms with van der Waals surface area (Å²) in [5.41, 5.74) is 1.94. The Hall–Kier alpha value is -1.66. The van der Waals surface area contributed by atoms with Gasteiger partial charge in [-0.3, -0.25) is 10.1 Å². The Morgan fingerprint density at radius 3 is 2.80 bits per heavy atom. The van der Waals surface area contributed by atoms with Gasteiger partial charge in [0.1, 0.15) is 0 Å². The number of non-ortho nitro benzene ring substituents is 1. The van der Waals surface area contributed by atoms with E-state index >= 15 is 0 Å². The van der Waals surface area contributed by atoms with Crippen LogP contribution in [-0.4, -0.2) is 54.3 Å². The normalized spacial score (nSPS) is 22.6. The number of β-amino-alcohol motifs (C(OH)–C–C–N with tert-alkyl or cyclic N) is 1. The molecule has 1 aliphatic heterocycles. The lowest BCUT2D eigenvalue weighted by Crippen LogP contribution is -2.38. The average Bonchev–Trinajstić information content (AvgIpc) is 2.69. The average molecular weight is 279 g/mol. The van der Waals surface area contributed by atoms with Gasteiger partial charge in [0.25, 0.3) is 5.69 Å². The minimum absolute atomic E-state index is 0.0931. The number of nitro benzene ring substituents is 1. The molecular weight excluding hydrogens is 258 g/mol. The van der Waals surface area contributed by atoms with Gasteiger partial charge in [0.2, 0.25) is 0 Å². The molecule has 0 aliphatic carbocycles. The van der Waals surface area contributed by atoms with Crippen LogP contribution in [0.2, 0.25) is 0 Å². The van der Waals surface area contributed by atoms with Gasteiger partial charge >= 0.3 is 0 Å². The molecule has 2 unspecified atom stereocenters. The molecular formula is C14H21N3O3. The summed E-state index contributed by atoms with van der Waals surface area (Å²) >= 11 is 0. The molecule has 20 heavy (non-hydrogen) atoms. The molecule has 0 saturated carbocycles. The largest absolute Gasteiger partial charge is 0.391 e. The lowest BCUT2D eigenvalue weighted by molar-refractivity contribution is -0.384. The molecule has 0 spiro atoms. The van der Waals surface area contributed by atoms with Crippen molar-refractivity contribution in [2.75, 3.05) is 32.1 Å². The van der Waals surface area contributed by atoms with E-state index in [2.05, 4.69) is 9.80 Å². The van der Waals surface area contributed by atoms with Gasteiger partial charge in [-0.25, -0.2) is 0 Å². The second-order valence-electron chi connectivity index (χ2n) is 5.69. The monoisotopic (exact) mass is 279 g/mol. The van der Waals surface area contributed by atoms with E-state index in [1.165, 1.54) is 6.07 Å². The molecule has 0 aromatic heterocycles. The second kappa shape index (κ2) is 5.76. The topological polar surface area (TPSA) is 69.8 Å². The first-order valence-electron chi connectivity index (χ1n) is 6.73. The van der Waals surface area contributed by atoms with Crippen molar-refractivity contribution in [3.05, 3.63) is 33.9 Å². The summed E-state index contributed by atoms with van der Waals surface area (Å²) in [4.78, 5) is 14.7. The predicted octanol–water partition coefficient (Wildman–Crippen LogP) is 1.40. The first-order chi connectivity index (χ1) is 9.38. The minimum Gasteiger partial charge on any atom is -0.391 e. The fraction of sp³-hybridized carbons (Fsp3) is 0.571. The van der Waals surface area contributed by atoms with E-state index < -0.39 is 0 Å². The summed E-state index contributed by atoms with van der Waals surface area (Å²) in [7, 11) is 3.98. The summed E-state index contributed by atoms with van der Waals surface area (Å²) in [5, 5.41) is 20.9. The molecule has 1 heterocycles. The van der Waals surface area contributed by atoms with Crippen LogP contribution < -0.4 is 4.90 Å². The van der Waals surface area contributed by atoms with Crippen LogP contribution in [0.3, 0.4) is 0 Å². The first kappa shape index (κ1) is 14.7. The van der Waals surface area contributed by atoms with Crippen molar-refractivity contribution < 1.29 is 10.0 Å². The molecule has 1 aromatic carbocycles. The number of rotatable bonds is 4. The van der Waals surface area contributed by atoms with E-state index in [1.54, 1.807) is 12.1 Å². The molecule has 0 bridgehead atoms. The highest BCUT2D eigenvalue weighted by Crippen LogP contribution is 2.31. The molecule has 1 fully saturated rings. The van der Waals surface area contributed by atoms with Crippen LogP contribution in [0.5, 0.6) is 0 Å². The van der Waals surface area contributed by atoms with Gasteiger partial charge in [-0.2, -0.15) is 0 Å². The van der Waals surface area contributed by atoms with Crippen LogP contribution in [0.15, 0.2) is 18.2 Å². The van der Waals surface area contributed by atoms with Crippen molar-refractivity contribution in [2.24, 2.45) is 0 Å². The molecule has 1 aromatic rings. The quantitative estimate of drug-likeness (QED) is 0.666. The molecule has 0 radical (unpaired) electrons. The number of aryl methyl sites for hydroxylation is 1. The lowest BCUT2D eigenvalue weighted by atomic mass is 10.1.